The number of pyridine rings is 1. The van der Waals surface area contributed by atoms with Crippen LogP contribution in [-0.4, -0.2) is 35.3 Å². The number of hydrogen-bond donors (Lipinski definition) is 1. The SMILES string of the molecule is Cc1cc(NC(=O)/C=C/c2cnccc2-c2cnn(C)c2)ccc1CS(C)(=O)=O. The number of rotatable bonds is 6. The summed E-state index contributed by atoms with van der Waals surface area (Å²) >= 11 is 0. The Kier molecular flexibility index (Phi) is 5.93. The molecule has 0 aliphatic heterocycles. The van der Waals surface area contributed by atoms with Crippen molar-refractivity contribution in [3.63, 3.8) is 0 Å². The van der Waals surface area contributed by atoms with Gasteiger partial charge < -0.3 is 5.32 Å². The number of nitrogens with zero attached hydrogens (tertiary/aromatic N) is 3. The van der Waals surface area contributed by atoms with E-state index in [1.165, 1.54) is 12.3 Å². The molecule has 3 aromatic rings. The first-order chi connectivity index (χ1) is 13.7. The van der Waals surface area contributed by atoms with Crippen LogP contribution in [0.25, 0.3) is 17.2 Å². The lowest BCUT2D eigenvalue weighted by atomic mass is 10.0. The first-order valence-corrected chi connectivity index (χ1v) is 11.0. The number of amides is 1. The van der Waals surface area contributed by atoms with Gasteiger partial charge in [0.15, 0.2) is 9.84 Å². The highest BCUT2D eigenvalue weighted by Gasteiger charge is 2.09. The van der Waals surface area contributed by atoms with Gasteiger partial charge in [0.25, 0.3) is 0 Å². The zero-order valence-corrected chi connectivity index (χ0v) is 17.3. The number of aromatic nitrogens is 3. The van der Waals surface area contributed by atoms with E-state index in [2.05, 4.69) is 15.4 Å². The minimum atomic E-state index is -3.11. The lowest BCUT2D eigenvalue weighted by molar-refractivity contribution is -0.111. The van der Waals surface area contributed by atoms with Gasteiger partial charge in [0.2, 0.25) is 5.91 Å². The van der Waals surface area contributed by atoms with Gasteiger partial charge in [-0.3, -0.25) is 14.5 Å². The van der Waals surface area contributed by atoms with Crippen molar-refractivity contribution < 1.29 is 13.2 Å². The van der Waals surface area contributed by atoms with E-state index in [0.717, 1.165) is 27.8 Å². The Morgan fingerprint density at radius 1 is 1.24 bits per heavy atom. The van der Waals surface area contributed by atoms with E-state index in [1.807, 2.05) is 26.2 Å². The fourth-order valence-corrected chi connectivity index (χ4v) is 3.82. The summed E-state index contributed by atoms with van der Waals surface area (Å²) in [6.45, 7) is 1.82. The number of anilines is 1. The van der Waals surface area contributed by atoms with Crippen LogP contribution >= 0.6 is 0 Å². The van der Waals surface area contributed by atoms with Crippen LogP contribution in [0.4, 0.5) is 5.69 Å². The zero-order valence-electron chi connectivity index (χ0n) is 16.5. The molecular weight excluding hydrogens is 388 g/mol. The van der Waals surface area contributed by atoms with E-state index in [1.54, 1.807) is 47.5 Å². The van der Waals surface area contributed by atoms with Crippen molar-refractivity contribution in [3.05, 3.63) is 71.8 Å². The lowest BCUT2D eigenvalue weighted by Gasteiger charge is -2.08. The molecule has 29 heavy (non-hydrogen) atoms. The number of benzene rings is 1. The maximum atomic E-state index is 12.3. The van der Waals surface area contributed by atoms with Crippen LogP contribution in [-0.2, 0) is 27.4 Å². The minimum absolute atomic E-state index is 0.0227. The largest absolute Gasteiger partial charge is 0.323 e. The van der Waals surface area contributed by atoms with Gasteiger partial charge in [-0.05, 0) is 47.9 Å². The number of carbonyl (C=O) groups excluding carboxylic acids is 1. The highest BCUT2D eigenvalue weighted by Crippen LogP contribution is 2.23. The average Bonchev–Trinajstić information content (AvgIpc) is 3.08. The molecule has 3 rings (SSSR count). The fourth-order valence-electron chi connectivity index (χ4n) is 2.93. The van der Waals surface area contributed by atoms with Gasteiger partial charge in [0, 0.05) is 54.8 Å². The average molecular weight is 410 g/mol. The van der Waals surface area contributed by atoms with Crippen molar-refractivity contribution in [3.8, 4) is 11.1 Å². The molecule has 1 amide bonds. The van der Waals surface area contributed by atoms with Crippen LogP contribution < -0.4 is 5.32 Å². The van der Waals surface area contributed by atoms with Gasteiger partial charge in [-0.1, -0.05) is 6.07 Å². The molecule has 0 fully saturated rings. The summed E-state index contributed by atoms with van der Waals surface area (Å²) in [5.74, 6) is -0.313. The van der Waals surface area contributed by atoms with E-state index in [9.17, 15) is 13.2 Å². The van der Waals surface area contributed by atoms with E-state index < -0.39 is 9.84 Å². The second-order valence-corrected chi connectivity index (χ2v) is 9.04. The summed E-state index contributed by atoms with van der Waals surface area (Å²) in [5, 5.41) is 6.97. The van der Waals surface area contributed by atoms with Gasteiger partial charge in [0.1, 0.15) is 0 Å². The summed E-state index contributed by atoms with van der Waals surface area (Å²) < 4.78 is 24.7. The van der Waals surface area contributed by atoms with Crippen LogP contribution in [0, 0.1) is 6.92 Å². The van der Waals surface area contributed by atoms with E-state index >= 15 is 0 Å². The third kappa shape index (κ3) is 5.61. The molecule has 0 saturated heterocycles. The second-order valence-electron chi connectivity index (χ2n) is 6.90. The number of hydrogen-bond acceptors (Lipinski definition) is 5. The van der Waals surface area contributed by atoms with E-state index in [-0.39, 0.29) is 11.7 Å². The predicted octanol–water partition coefficient (Wildman–Crippen LogP) is 2.99. The van der Waals surface area contributed by atoms with Crippen molar-refractivity contribution >= 4 is 27.5 Å². The second kappa shape index (κ2) is 8.40. The van der Waals surface area contributed by atoms with E-state index in [0.29, 0.717) is 5.69 Å². The molecule has 2 heterocycles. The topological polar surface area (TPSA) is 93.9 Å². The Labute approximate surface area is 170 Å². The van der Waals surface area contributed by atoms with Crippen LogP contribution in [0.5, 0.6) is 0 Å². The number of carbonyl (C=O) groups is 1. The van der Waals surface area contributed by atoms with Gasteiger partial charge >= 0.3 is 0 Å². The highest BCUT2D eigenvalue weighted by atomic mass is 32.2. The van der Waals surface area contributed by atoms with Crippen LogP contribution in [0.3, 0.4) is 0 Å². The van der Waals surface area contributed by atoms with E-state index in [4.69, 9.17) is 0 Å². The maximum Gasteiger partial charge on any atom is 0.248 e. The first kappa shape index (κ1) is 20.5. The molecule has 0 bridgehead atoms. The summed E-state index contributed by atoms with van der Waals surface area (Å²) in [6, 6.07) is 7.05. The molecule has 0 radical (unpaired) electrons. The molecule has 2 aromatic heterocycles. The molecule has 7 nitrogen and oxygen atoms in total. The van der Waals surface area contributed by atoms with Crippen molar-refractivity contribution in [2.24, 2.45) is 7.05 Å². The standard InChI is InChI=1S/C21H22N4O3S/c1-15-10-19(6-4-17(15)14-29(3,27)28)24-21(26)7-5-16-11-22-9-8-20(16)18-12-23-25(2)13-18/h4-13H,14H2,1-3H3,(H,24,26)/b7-5+. The summed E-state index contributed by atoms with van der Waals surface area (Å²) in [7, 11) is -1.27. The molecule has 0 unspecified atom stereocenters. The van der Waals surface area contributed by atoms with Gasteiger partial charge in [-0.25, -0.2) is 8.42 Å². The molecule has 0 aliphatic carbocycles. The Morgan fingerprint density at radius 3 is 2.69 bits per heavy atom. The highest BCUT2D eigenvalue weighted by molar-refractivity contribution is 7.89. The van der Waals surface area contributed by atoms with Gasteiger partial charge in [-0.2, -0.15) is 5.10 Å². The quantitative estimate of drug-likeness (QED) is 0.631. The smallest absolute Gasteiger partial charge is 0.248 e. The molecule has 0 spiro atoms. The van der Waals surface area contributed by atoms with Gasteiger partial charge in [0.05, 0.1) is 11.9 Å². The van der Waals surface area contributed by atoms with Crippen LogP contribution in [0.1, 0.15) is 16.7 Å². The third-order valence-corrected chi connectivity index (χ3v) is 5.15. The number of nitrogens with one attached hydrogen (secondary N) is 1. The van der Waals surface area contributed by atoms with Crippen molar-refractivity contribution in [2.75, 3.05) is 11.6 Å². The van der Waals surface area contributed by atoms with Crippen molar-refractivity contribution in [2.45, 2.75) is 12.7 Å². The summed E-state index contributed by atoms with van der Waals surface area (Å²) in [4.78, 5) is 16.5. The number of sulfone groups is 1. The molecular formula is C21H22N4O3S. The monoisotopic (exact) mass is 410 g/mol. The first-order valence-electron chi connectivity index (χ1n) is 8.90. The Balaban J connectivity index is 1.73. The molecule has 8 heteroatoms. The maximum absolute atomic E-state index is 12.3. The Morgan fingerprint density at radius 2 is 2.03 bits per heavy atom. The van der Waals surface area contributed by atoms with Crippen molar-refractivity contribution in [1.29, 1.82) is 0 Å². The molecule has 0 saturated carbocycles. The third-order valence-electron chi connectivity index (χ3n) is 4.31. The minimum Gasteiger partial charge on any atom is -0.323 e. The molecule has 1 N–H and O–H groups in total. The summed E-state index contributed by atoms with van der Waals surface area (Å²) in [5.41, 5.74) is 4.80. The molecule has 0 aliphatic rings. The zero-order chi connectivity index (χ0) is 21.0. The molecule has 150 valence electrons. The normalized spacial score (nSPS) is 11.7. The Bertz CT molecular complexity index is 1180. The van der Waals surface area contributed by atoms with Crippen molar-refractivity contribution in [1.82, 2.24) is 14.8 Å². The Hall–Kier alpha value is -3.26. The summed E-state index contributed by atoms with van der Waals surface area (Å²) in [6.07, 6.45) is 11.4. The number of aryl methyl sites for hydroxylation is 2. The van der Waals surface area contributed by atoms with Crippen LogP contribution in [0.15, 0.2) is 55.1 Å². The fraction of sp³-hybridized carbons (Fsp3) is 0.190. The van der Waals surface area contributed by atoms with Gasteiger partial charge in [-0.15, -0.1) is 0 Å². The predicted molar refractivity (Wildman–Crippen MR) is 114 cm³/mol. The molecule has 0 atom stereocenters. The lowest BCUT2D eigenvalue weighted by Crippen LogP contribution is -2.09. The molecule has 1 aromatic carbocycles. The van der Waals surface area contributed by atoms with Crippen LogP contribution in [0.2, 0.25) is 0 Å².